The van der Waals surface area contributed by atoms with Gasteiger partial charge in [0.25, 0.3) is 0 Å². The standard InChI is InChI=1S/C10H8O3S/c1-13-8-5-14-9-3-6(4-11)2-7(12)10(8)9/h2-5,12H,1H3. The van der Waals surface area contributed by atoms with Crippen LogP contribution in [0.15, 0.2) is 17.5 Å². The summed E-state index contributed by atoms with van der Waals surface area (Å²) in [5.74, 6) is 0.725. The van der Waals surface area contributed by atoms with Crippen molar-refractivity contribution in [3.8, 4) is 11.5 Å². The third kappa shape index (κ3) is 1.24. The summed E-state index contributed by atoms with van der Waals surface area (Å²) in [6.45, 7) is 0. The lowest BCUT2D eigenvalue weighted by molar-refractivity contribution is 0.112. The molecule has 0 aliphatic rings. The van der Waals surface area contributed by atoms with Crippen molar-refractivity contribution < 1.29 is 14.6 Å². The van der Waals surface area contributed by atoms with E-state index < -0.39 is 0 Å². The van der Waals surface area contributed by atoms with Crippen LogP contribution in [0.4, 0.5) is 0 Å². The van der Waals surface area contributed by atoms with Crippen LogP contribution in [0.3, 0.4) is 0 Å². The minimum Gasteiger partial charge on any atom is -0.507 e. The van der Waals surface area contributed by atoms with E-state index in [1.807, 2.05) is 0 Å². The minimum absolute atomic E-state index is 0.0858. The third-order valence-corrected chi connectivity index (χ3v) is 2.91. The molecular weight excluding hydrogens is 200 g/mol. The van der Waals surface area contributed by atoms with E-state index in [4.69, 9.17) is 4.74 Å². The lowest BCUT2D eigenvalue weighted by Crippen LogP contribution is -1.82. The van der Waals surface area contributed by atoms with E-state index in [0.29, 0.717) is 23.0 Å². The fourth-order valence-corrected chi connectivity index (χ4v) is 2.33. The van der Waals surface area contributed by atoms with Gasteiger partial charge in [-0.2, -0.15) is 0 Å². The van der Waals surface area contributed by atoms with E-state index in [0.717, 1.165) is 4.70 Å². The Labute approximate surface area is 84.6 Å². The van der Waals surface area contributed by atoms with E-state index in [1.54, 1.807) is 18.6 Å². The zero-order valence-electron chi connectivity index (χ0n) is 7.48. The second kappa shape index (κ2) is 3.31. The van der Waals surface area contributed by atoms with E-state index in [2.05, 4.69) is 0 Å². The Hall–Kier alpha value is -1.55. The second-order valence-corrected chi connectivity index (χ2v) is 3.75. The summed E-state index contributed by atoms with van der Waals surface area (Å²) < 4.78 is 5.93. The minimum atomic E-state index is 0.0858. The second-order valence-electron chi connectivity index (χ2n) is 2.84. The SMILES string of the molecule is COc1csc2cc(C=O)cc(O)c12. The molecule has 3 nitrogen and oxygen atoms in total. The number of carbonyl (C=O) groups is 1. The van der Waals surface area contributed by atoms with Crippen molar-refractivity contribution in [3.63, 3.8) is 0 Å². The van der Waals surface area contributed by atoms with Gasteiger partial charge >= 0.3 is 0 Å². The number of hydrogen-bond acceptors (Lipinski definition) is 4. The average molecular weight is 208 g/mol. The highest BCUT2D eigenvalue weighted by atomic mass is 32.1. The molecule has 0 spiro atoms. The molecule has 0 saturated carbocycles. The predicted octanol–water partition coefficient (Wildman–Crippen LogP) is 2.43. The molecule has 1 N–H and O–H groups in total. The maximum absolute atomic E-state index is 10.5. The van der Waals surface area contributed by atoms with Crippen LogP contribution in [-0.4, -0.2) is 18.5 Å². The Kier molecular flexibility index (Phi) is 2.13. The number of carbonyl (C=O) groups excluding carboxylic acids is 1. The van der Waals surface area contributed by atoms with Gasteiger partial charge in [0.1, 0.15) is 17.8 Å². The number of ether oxygens (including phenoxy) is 1. The number of thiophene rings is 1. The molecule has 4 heteroatoms. The van der Waals surface area contributed by atoms with Crippen molar-refractivity contribution in [1.29, 1.82) is 0 Å². The normalized spacial score (nSPS) is 10.4. The first-order valence-corrected chi connectivity index (χ1v) is 4.87. The summed E-state index contributed by atoms with van der Waals surface area (Å²) in [7, 11) is 1.55. The number of phenols is 1. The molecule has 2 rings (SSSR count). The number of aromatic hydroxyl groups is 1. The Bertz CT molecular complexity index is 487. The molecule has 72 valence electrons. The van der Waals surface area contributed by atoms with Gasteiger partial charge in [-0.15, -0.1) is 11.3 Å². The molecule has 0 aliphatic heterocycles. The lowest BCUT2D eigenvalue weighted by atomic mass is 10.1. The van der Waals surface area contributed by atoms with Crippen LogP contribution in [0.2, 0.25) is 0 Å². The van der Waals surface area contributed by atoms with Crippen molar-refractivity contribution in [3.05, 3.63) is 23.1 Å². The maximum Gasteiger partial charge on any atom is 0.150 e. The van der Waals surface area contributed by atoms with Crippen molar-refractivity contribution in [2.45, 2.75) is 0 Å². The summed E-state index contributed by atoms with van der Waals surface area (Å²) in [4.78, 5) is 10.5. The first kappa shape index (κ1) is 9.02. The lowest BCUT2D eigenvalue weighted by Gasteiger charge is -2.00. The summed E-state index contributed by atoms with van der Waals surface area (Å²) in [5, 5.41) is 12.1. The number of benzene rings is 1. The van der Waals surface area contributed by atoms with E-state index in [9.17, 15) is 9.90 Å². The zero-order valence-corrected chi connectivity index (χ0v) is 8.30. The van der Waals surface area contributed by atoms with Gasteiger partial charge < -0.3 is 9.84 Å². The third-order valence-electron chi connectivity index (χ3n) is 2.00. The fraction of sp³-hybridized carbons (Fsp3) is 0.100. The monoisotopic (exact) mass is 208 g/mol. The Morgan fingerprint density at radius 2 is 2.29 bits per heavy atom. The molecular formula is C10H8O3S. The molecule has 2 aromatic rings. The van der Waals surface area contributed by atoms with E-state index in [1.165, 1.54) is 17.4 Å². The highest BCUT2D eigenvalue weighted by Crippen LogP contribution is 2.38. The summed E-state index contributed by atoms with van der Waals surface area (Å²) in [6, 6.07) is 3.17. The van der Waals surface area contributed by atoms with E-state index >= 15 is 0 Å². The highest BCUT2D eigenvalue weighted by molar-refractivity contribution is 7.17. The van der Waals surface area contributed by atoms with Gasteiger partial charge in [0.05, 0.1) is 12.5 Å². The molecule has 1 aromatic heterocycles. The fourth-order valence-electron chi connectivity index (χ4n) is 1.36. The average Bonchev–Trinajstić information content (AvgIpc) is 2.61. The number of fused-ring (bicyclic) bond motifs is 1. The van der Waals surface area contributed by atoms with Gasteiger partial charge in [-0.25, -0.2) is 0 Å². The number of hydrogen-bond donors (Lipinski definition) is 1. The van der Waals surface area contributed by atoms with Gasteiger partial charge in [0.2, 0.25) is 0 Å². The quantitative estimate of drug-likeness (QED) is 0.771. The van der Waals surface area contributed by atoms with Gasteiger partial charge in [-0.05, 0) is 12.1 Å². The van der Waals surface area contributed by atoms with Crippen LogP contribution in [0.1, 0.15) is 10.4 Å². The van der Waals surface area contributed by atoms with Crippen molar-refractivity contribution in [2.24, 2.45) is 0 Å². The highest BCUT2D eigenvalue weighted by Gasteiger charge is 2.10. The molecule has 1 aromatic carbocycles. The van der Waals surface area contributed by atoms with Gasteiger partial charge in [0, 0.05) is 15.6 Å². The van der Waals surface area contributed by atoms with Crippen LogP contribution in [0, 0.1) is 0 Å². The number of phenolic OH excluding ortho intramolecular Hbond substituents is 1. The molecule has 0 fully saturated rings. The Morgan fingerprint density at radius 3 is 2.93 bits per heavy atom. The van der Waals surface area contributed by atoms with Crippen molar-refractivity contribution in [2.75, 3.05) is 7.11 Å². The van der Waals surface area contributed by atoms with Crippen LogP contribution >= 0.6 is 11.3 Å². The maximum atomic E-state index is 10.5. The largest absolute Gasteiger partial charge is 0.507 e. The molecule has 0 bridgehead atoms. The smallest absolute Gasteiger partial charge is 0.150 e. The van der Waals surface area contributed by atoms with Gasteiger partial charge in [0.15, 0.2) is 0 Å². The van der Waals surface area contributed by atoms with Crippen LogP contribution in [0.5, 0.6) is 11.5 Å². The van der Waals surface area contributed by atoms with E-state index in [-0.39, 0.29) is 5.75 Å². The molecule has 0 aliphatic carbocycles. The number of rotatable bonds is 2. The van der Waals surface area contributed by atoms with Crippen LogP contribution in [-0.2, 0) is 0 Å². The van der Waals surface area contributed by atoms with Crippen LogP contribution in [0.25, 0.3) is 10.1 Å². The zero-order chi connectivity index (χ0) is 10.1. The number of aldehydes is 1. The first-order valence-electron chi connectivity index (χ1n) is 3.99. The van der Waals surface area contributed by atoms with Crippen LogP contribution < -0.4 is 4.74 Å². The summed E-state index contributed by atoms with van der Waals surface area (Å²) in [6.07, 6.45) is 0.714. The van der Waals surface area contributed by atoms with Crippen molar-refractivity contribution in [1.82, 2.24) is 0 Å². The Balaban J connectivity index is 2.78. The molecule has 1 heterocycles. The predicted molar refractivity (Wildman–Crippen MR) is 55.4 cm³/mol. The number of methoxy groups -OCH3 is 1. The topological polar surface area (TPSA) is 46.5 Å². The van der Waals surface area contributed by atoms with Gasteiger partial charge in [-0.1, -0.05) is 0 Å². The molecule has 0 unspecified atom stereocenters. The first-order chi connectivity index (χ1) is 6.76. The summed E-state index contributed by atoms with van der Waals surface area (Å²) >= 11 is 1.44. The van der Waals surface area contributed by atoms with Crippen molar-refractivity contribution >= 4 is 27.7 Å². The molecule has 0 atom stereocenters. The molecule has 14 heavy (non-hydrogen) atoms. The Morgan fingerprint density at radius 1 is 1.50 bits per heavy atom. The molecule has 0 saturated heterocycles. The summed E-state index contributed by atoms with van der Waals surface area (Å²) in [5.41, 5.74) is 0.472. The molecule has 0 radical (unpaired) electrons. The van der Waals surface area contributed by atoms with Gasteiger partial charge in [-0.3, -0.25) is 4.79 Å². The molecule has 0 amide bonds.